The van der Waals surface area contributed by atoms with Crippen LogP contribution in [0.2, 0.25) is 0 Å². The molecule has 0 aliphatic carbocycles. The van der Waals surface area contributed by atoms with Gasteiger partial charge in [0.2, 0.25) is 0 Å². The van der Waals surface area contributed by atoms with Gasteiger partial charge < -0.3 is 25.4 Å². The lowest BCUT2D eigenvalue weighted by Gasteiger charge is -2.19. The van der Waals surface area contributed by atoms with Crippen molar-refractivity contribution in [3.63, 3.8) is 0 Å². The van der Waals surface area contributed by atoms with Gasteiger partial charge in [-0.05, 0) is 67.7 Å². The zero-order valence-electron chi connectivity index (χ0n) is 16.8. The lowest BCUT2D eigenvalue weighted by atomic mass is 10.2. The Balaban J connectivity index is 2.41. The highest BCUT2D eigenvalue weighted by Gasteiger charge is 2.15. The van der Waals surface area contributed by atoms with Crippen LogP contribution >= 0.6 is 15.9 Å². The lowest BCUT2D eigenvalue weighted by molar-refractivity contribution is 0.0527. The summed E-state index contributed by atoms with van der Waals surface area (Å²) in [7, 11) is 1.64. The van der Waals surface area contributed by atoms with Crippen molar-refractivity contribution in [2.45, 2.75) is 46.3 Å². The first-order chi connectivity index (χ1) is 12.7. The lowest BCUT2D eigenvalue weighted by Crippen LogP contribution is -2.39. The van der Waals surface area contributed by atoms with E-state index < -0.39 is 11.7 Å². The summed E-state index contributed by atoms with van der Waals surface area (Å²) in [5.74, 6) is 1.53. The van der Waals surface area contributed by atoms with E-state index in [0.717, 1.165) is 34.7 Å². The van der Waals surface area contributed by atoms with Gasteiger partial charge in [-0.1, -0.05) is 6.07 Å². The molecule has 0 aliphatic rings. The third-order valence-corrected chi connectivity index (χ3v) is 3.91. The van der Waals surface area contributed by atoms with E-state index in [9.17, 15) is 4.79 Å². The zero-order valence-corrected chi connectivity index (χ0v) is 18.4. The highest BCUT2D eigenvalue weighted by molar-refractivity contribution is 9.10. The van der Waals surface area contributed by atoms with Crippen molar-refractivity contribution in [3.05, 3.63) is 28.2 Å². The van der Waals surface area contributed by atoms with Gasteiger partial charge in [-0.25, -0.2) is 9.79 Å². The molecule has 0 saturated heterocycles. The van der Waals surface area contributed by atoms with Crippen molar-refractivity contribution >= 4 is 28.0 Å². The number of alkyl carbamates (subject to hydrolysis) is 1. The standard InChI is InChI=1S/C19H31BrN4O3/c1-6-21-17(22-10-7-11-23-18(25)27-19(2,3)4)24-13-14-8-9-16(26-5)15(20)12-14/h8-9,12H,6-7,10-11,13H2,1-5H3,(H,23,25)(H2,21,22,24). The third kappa shape index (κ3) is 10.1. The predicted molar refractivity (Wildman–Crippen MR) is 112 cm³/mol. The van der Waals surface area contributed by atoms with Gasteiger partial charge in [0.25, 0.3) is 0 Å². The van der Waals surface area contributed by atoms with Crippen LogP contribution in [0.3, 0.4) is 0 Å². The van der Waals surface area contributed by atoms with Crippen molar-refractivity contribution in [3.8, 4) is 5.75 Å². The molecule has 27 heavy (non-hydrogen) atoms. The number of guanidine groups is 1. The number of nitrogens with zero attached hydrogens (tertiary/aromatic N) is 1. The topological polar surface area (TPSA) is 84.0 Å². The Hall–Kier alpha value is -1.96. The van der Waals surface area contributed by atoms with Gasteiger partial charge >= 0.3 is 6.09 Å². The molecule has 1 amide bonds. The molecule has 0 atom stereocenters. The molecule has 3 N–H and O–H groups in total. The summed E-state index contributed by atoms with van der Waals surface area (Å²) in [6.07, 6.45) is 0.366. The highest BCUT2D eigenvalue weighted by atomic mass is 79.9. The zero-order chi connectivity index (χ0) is 20.3. The molecule has 1 aromatic rings. The summed E-state index contributed by atoms with van der Waals surface area (Å²) in [5, 5.41) is 9.21. The molecule has 1 aromatic carbocycles. The van der Waals surface area contributed by atoms with E-state index in [1.165, 1.54) is 0 Å². The van der Waals surface area contributed by atoms with Crippen molar-refractivity contribution in [2.75, 3.05) is 26.7 Å². The van der Waals surface area contributed by atoms with Crippen molar-refractivity contribution < 1.29 is 14.3 Å². The number of methoxy groups -OCH3 is 1. The van der Waals surface area contributed by atoms with Crippen molar-refractivity contribution in [1.29, 1.82) is 0 Å². The Labute approximate surface area is 170 Å². The first-order valence-electron chi connectivity index (χ1n) is 9.06. The fourth-order valence-corrected chi connectivity index (χ4v) is 2.71. The third-order valence-electron chi connectivity index (χ3n) is 3.29. The summed E-state index contributed by atoms with van der Waals surface area (Å²) < 4.78 is 11.3. The fourth-order valence-electron chi connectivity index (χ4n) is 2.12. The number of carbonyl (C=O) groups excluding carboxylic acids is 1. The maximum Gasteiger partial charge on any atom is 0.407 e. The van der Waals surface area contributed by atoms with Crippen molar-refractivity contribution in [1.82, 2.24) is 16.0 Å². The van der Waals surface area contributed by atoms with Gasteiger partial charge in [-0.3, -0.25) is 0 Å². The van der Waals surface area contributed by atoms with Gasteiger partial charge in [0.15, 0.2) is 5.96 Å². The minimum absolute atomic E-state index is 0.395. The molecule has 0 fully saturated rings. The first kappa shape index (κ1) is 23.1. The molecule has 1 rings (SSSR count). The number of amides is 1. The van der Waals surface area contributed by atoms with Crippen LogP contribution in [-0.4, -0.2) is 44.4 Å². The Morgan fingerprint density at radius 2 is 1.89 bits per heavy atom. The number of hydrogen-bond acceptors (Lipinski definition) is 4. The molecule has 0 bridgehead atoms. The Kier molecular flexibility index (Phi) is 9.99. The number of benzene rings is 1. The molecule has 0 unspecified atom stereocenters. The molecule has 7 nitrogen and oxygen atoms in total. The second-order valence-corrected chi connectivity index (χ2v) is 7.73. The quantitative estimate of drug-likeness (QED) is 0.326. The smallest absolute Gasteiger partial charge is 0.407 e. The summed E-state index contributed by atoms with van der Waals surface area (Å²) >= 11 is 3.48. The second-order valence-electron chi connectivity index (χ2n) is 6.87. The van der Waals surface area contributed by atoms with E-state index in [0.29, 0.717) is 19.6 Å². The van der Waals surface area contributed by atoms with Crippen LogP contribution in [0.15, 0.2) is 27.7 Å². The summed E-state index contributed by atoms with van der Waals surface area (Å²) in [6.45, 7) is 10.1. The predicted octanol–water partition coefficient (Wildman–Crippen LogP) is 3.43. The Morgan fingerprint density at radius 1 is 1.19 bits per heavy atom. The summed E-state index contributed by atoms with van der Waals surface area (Å²) in [6, 6.07) is 5.90. The summed E-state index contributed by atoms with van der Waals surface area (Å²) in [5.41, 5.74) is 0.593. The number of hydrogen-bond donors (Lipinski definition) is 3. The average molecular weight is 443 g/mol. The van der Waals surface area contributed by atoms with Crippen LogP contribution in [0.4, 0.5) is 4.79 Å². The van der Waals surface area contributed by atoms with E-state index in [4.69, 9.17) is 9.47 Å². The van der Waals surface area contributed by atoms with Crippen LogP contribution in [0.25, 0.3) is 0 Å². The molecule has 8 heteroatoms. The largest absolute Gasteiger partial charge is 0.496 e. The molecule has 0 heterocycles. The molecule has 0 aliphatic heterocycles. The molecular formula is C19H31BrN4O3. The van der Waals surface area contributed by atoms with Gasteiger partial charge in [0.05, 0.1) is 18.1 Å². The number of ether oxygens (including phenoxy) is 2. The number of nitrogens with one attached hydrogen (secondary N) is 3. The molecule has 0 aromatic heterocycles. The minimum Gasteiger partial charge on any atom is -0.496 e. The summed E-state index contributed by atoms with van der Waals surface area (Å²) in [4.78, 5) is 16.2. The maximum absolute atomic E-state index is 11.6. The monoisotopic (exact) mass is 442 g/mol. The Morgan fingerprint density at radius 3 is 2.48 bits per heavy atom. The minimum atomic E-state index is -0.482. The van der Waals surface area contributed by atoms with E-state index in [-0.39, 0.29) is 0 Å². The van der Waals surface area contributed by atoms with Gasteiger partial charge in [-0.2, -0.15) is 0 Å². The van der Waals surface area contributed by atoms with Gasteiger partial charge in [0.1, 0.15) is 11.4 Å². The second kappa shape index (κ2) is 11.7. The van der Waals surface area contributed by atoms with E-state index in [1.54, 1.807) is 7.11 Å². The van der Waals surface area contributed by atoms with Gasteiger partial charge in [0, 0.05) is 19.6 Å². The number of aliphatic imine (C=N–C) groups is 1. The van der Waals surface area contributed by atoms with E-state index in [2.05, 4.69) is 36.9 Å². The number of rotatable bonds is 8. The average Bonchev–Trinajstić information content (AvgIpc) is 2.57. The number of halogens is 1. The molecule has 0 spiro atoms. The SMILES string of the molecule is CCNC(=NCc1ccc(OC)c(Br)c1)NCCCNC(=O)OC(C)(C)C. The normalized spacial score (nSPS) is 11.7. The van der Waals surface area contributed by atoms with Gasteiger partial charge in [-0.15, -0.1) is 0 Å². The first-order valence-corrected chi connectivity index (χ1v) is 9.86. The van der Waals surface area contributed by atoms with Crippen LogP contribution < -0.4 is 20.7 Å². The maximum atomic E-state index is 11.6. The highest BCUT2D eigenvalue weighted by Crippen LogP contribution is 2.25. The van der Waals surface area contributed by atoms with Crippen molar-refractivity contribution in [2.24, 2.45) is 4.99 Å². The molecule has 152 valence electrons. The number of carbonyl (C=O) groups is 1. The Bertz CT molecular complexity index is 630. The molecule has 0 radical (unpaired) electrons. The van der Waals surface area contributed by atoms with E-state index >= 15 is 0 Å². The fraction of sp³-hybridized carbons (Fsp3) is 0.579. The van der Waals surface area contributed by atoms with Crippen LogP contribution in [0.5, 0.6) is 5.75 Å². The molecular weight excluding hydrogens is 412 g/mol. The van der Waals surface area contributed by atoms with Crippen LogP contribution in [0, 0.1) is 0 Å². The van der Waals surface area contributed by atoms with E-state index in [1.807, 2.05) is 45.9 Å². The van der Waals surface area contributed by atoms with Crippen LogP contribution in [0.1, 0.15) is 39.7 Å². The molecule has 0 saturated carbocycles. The van der Waals surface area contributed by atoms with Crippen LogP contribution in [-0.2, 0) is 11.3 Å².